The fourth-order valence-electron chi connectivity index (χ4n) is 3.25. The summed E-state index contributed by atoms with van der Waals surface area (Å²) < 4.78 is 0. The number of hydrogen-bond donors (Lipinski definition) is 3. The lowest BCUT2D eigenvalue weighted by Gasteiger charge is -2.44. The number of nitrogens with zero attached hydrogens (tertiary/aromatic N) is 1. The molecule has 3 rings (SSSR count). The number of nitrogens with one attached hydrogen (secondary N) is 1. The van der Waals surface area contributed by atoms with Gasteiger partial charge in [-0.15, -0.1) is 11.3 Å². The van der Waals surface area contributed by atoms with Crippen molar-refractivity contribution in [3.63, 3.8) is 0 Å². The molecule has 6 nitrogen and oxygen atoms in total. The molecule has 8 heteroatoms. The number of amides is 1. The summed E-state index contributed by atoms with van der Waals surface area (Å²) in [6.45, 7) is 1.56. The monoisotopic (exact) mass is 352 g/mol. The molecule has 0 bridgehead atoms. The zero-order valence-electron chi connectivity index (χ0n) is 12.6. The van der Waals surface area contributed by atoms with Crippen molar-refractivity contribution in [3.8, 4) is 0 Å². The lowest BCUT2D eigenvalue weighted by atomic mass is 9.83. The van der Waals surface area contributed by atoms with Gasteiger partial charge in [-0.05, 0) is 19.4 Å². The molecule has 0 spiro atoms. The fourth-order valence-corrected chi connectivity index (χ4v) is 4.40. The lowest BCUT2D eigenvalue weighted by Crippen LogP contribution is -2.61. The first-order valence-corrected chi connectivity index (χ1v) is 8.44. The van der Waals surface area contributed by atoms with Crippen molar-refractivity contribution in [2.45, 2.75) is 25.5 Å². The Kier molecular flexibility index (Phi) is 3.99. The van der Waals surface area contributed by atoms with E-state index in [0.717, 1.165) is 10.4 Å². The summed E-state index contributed by atoms with van der Waals surface area (Å²) in [5, 5.41) is 24.0. The maximum Gasteiger partial charge on any atom is 0.352 e. The molecule has 1 amide bonds. The van der Waals surface area contributed by atoms with Gasteiger partial charge in [0.05, 0.1) is 18.1 Å². The Morgan fingerprint density at radius 3 is 2.83 bits per heavy atom. The molecule has 1 aromatic rings. The molecule has 0 saturated carbocycles. The van der Waals surface area contributed by atoms with Gasteiger partial charge >= 0.3 is 5.97 Å². The number of aliphatic hydroxyl groups is 1. The molecule has 3 atom stereocenters. The number of aliphatic carboxylic acids is 1. The molecule has 0 aromatic carbocycles. The van der Waals surface area contributed by atoms with Crippen LogP contribution in [0.2, 0.25) is 0 Å². The van der Waals surface area contributed by atoms with Gasteiger partial charge in [0.1, 0.15) is 10.7 Å². The van der Waals surface area contributed by atoms with Gasteiger partial charge in [0.2, 0.25) is 5.91 Å². The quantitative estimate of drug-likeness (QED) is 0.554. The number of carboxylic acid groups (broad SMARTS) is 1. The first kappa shape index (κ1) is 16.1. The van der Waals surface area contributed by atoms with E-state index in [2.05, 4.69) is 5.32 Å². The molecule has 122 valence electrons. The predicted octanol–water partition coefficient (Wildman–Crippen LogP) is 1.05. The third-order valence-corrected chi connectivity index (χ3v) is 5.75. The van der Waals surface area contributed by atoms with Gasteiger partial charge < -0.3 is 20.4 Å². The van der Waals surface area contributed by atoms with Crippen LogP contribution in [-0.2, 0) is 9.59 Å². The minimum absolute atomic E-state index is 0.0284. The van der Waals surface area contributed by atoms with Crippen LogP contribution >= 0.6 is 23.6 Å². The highest BCUT2D eigenvalue weighted by Gasteiger charge is 2.56. The van der Waals surface area contributed by atoms with E-state index in [1.165, 1.54) is 16.2 Å². The SMILES string of the molecule is CNC(=S)c1csc(C2=C(C(=O)O)N3C(=O)C([C@@H](C)O)C3C2)c1. The van der Waals surface area contributed by atoms with Crippen molar-refractivity contribution in [1.29, 1.82) is 0 Å². The third-order valence-electron chi connectivity index (χ3n) is 4.32. The molecule has 0 radical (unpaired) electrons. The smallest absolute Gasteiger partial charge is 0.352 e. The lowest BCUT2D eigenvalue weighted by molar-refractivity contribution is -0.161. The zero-order valence-corrected chi connectivity index (χ0v) is 14.2. The summed E-state index contributed by atoms with van der Waals surface area (Å²) in [5.74, 6) is -1.97. The summed E-state index contributed by atoms with van der Waals surface area (Å²) >= 11 is 6.59. The number of carbonyl (C=O) groups is 2. The summed E-state index contributed by atoms with van der Waals surface area (Å²) in [6.07, 6.45) is -0.344. The third kappa shape index (κ3) is 2.37. The molecule has 1 fully saturated rings. The first-order valence-electron chi connectivity index (χ1n) is 7.15. The molecule has 2 aliphatic heterocycles. The van der Waals surface area contributed by atoms with E-state index >= 15 is 0 Å². The van der Waals surface area contributed by atoms with E-state index < -0.39 is 18.0 Å². The Bertz CT molecular complexity index is 738. The summed E-state index contributed by atoms with van der Waals surface area (Å²) in [6, 6.07) is 1.57. The van der Waals surface area contributed by atoms with Crippen LogP contribution in [0.25, 0.3) is 5.57 Å². The van der Waals surface area contributed by atoms with E-state index in [-0.39, 0.29) is 17.6 Å². The highest BCUT2D eigenvalue weighted by Crippen LogP contribution is 2.47. The number of fused-ring (bicyclic) bond motifs is 1. The van der Waals surface area contributed by atoms with E-state index in [1.807, 2.05) is 11.4 Å². The number of thiophene rings is 1. The average molecular weight is 352 g/mol. The van der Waals surface area contributed by atoms with Crippen LogP contribution in [0.5, 0.6) is 0 Å². The fraction of sp³-hybridized carbons (Fsp3) is 0.400. The summed E-state index contributed by atoms with van der Waals surface area (Å²) in [4.78, 5) is 26.5. The maximum absolute atomic E-state index is 12.2. The summed E-state index contributed by atoms with van der Waals surface area (Å²) in [5.41, 5.74) is 1.49. The summed E-state index contributed by atoms with van der Waals surface area (Å²) in [7, 11) is 1.73. The van der Waals surface area contributed by atoms with Crippen LogP contribution < -0.4 is 5.32 Å². The van der Waals surface area contributed by atoms with Crippen molar-refractivity contribution in [1.82, 2.24) is 10.2 Å². The Morgan fingerprint density at radius 1 is 1.57 bits per heavy atom. The minimum Gasteiger partial charge on any atom is -0.477 e. The highest BCUT2D eigenvalue weighted by molar-refractivity contribution is 7.80. The van der Waals surface area contributed by atoms with E-state index in [4.69, 9.17) is 12.2 Å². The molecule has 1 saturated heterocycles. The maximum atomic E-state index is 12.2. The molecular weight excluding hydrogens is 336 g/mol. The number of aliphatic hydroxyl groups excluding tert-OH is 1. The number of β-lactam (4-membered cyclic amide) rings is 1. The van der Waals surface area contributed by atoms with Crippen LogP contribution in [0, 0.1) is 5.92 Å². The predicted molar refractivity (Wildman–Crippen MR) is 90.1 cm³/mol. The number of carbonyl (C=O) groups excluding carboxylic acids is 1. The minimum atomic E-state index is -1.12. The van der Waals surface area contributed by atoms with Gasteiger partial charge in [0.15, 0.2) is 0 Å². The molecule has 3 N–H and O–H groups in total. The van der Waals surface area contributed by atoms with E-state index in [1.54, 1.807) is 14.0 Å². The standard InChI is InChI=1S/C15H16N2O4S2/c1-6(18)11-9-4-8(12(15(20)21)17(9)14(11)19)10-3-7(5-23-10)13(22)16-2/h3,5-6,9,11,18H,4H2,1-2H3,(H,16,22)(H,20,21)/t6-,9?,11?/m1/s1. The first-order chi connectivity index (χ1) is 10.9. The van der Waals surface area contributed by atoms with E-state index in [0.29, 0.717) is 17.0 Å². The van der Waals surface area contributed by atoms with E-state index in [9.17, 15) is 19.8 Å². The second-order valence-electron chi connectivity index (χ2n) is 5.66. The Balaban J connectivity index is 1.98. The molecule has 2 unspecified atom stereocenters. The zero-order chi connectivity index (χ0) is 16.9. The Labute approximate surface area is 142 Å². The number of carboxylic acids is 1. The van der Waals surface area contributed by atoms with Crippen LogP contribution in [0.15, 0.2) is 17.1 Å². The topological polar surface area (TPSA) is 89.9 Å². The number of rotatable bonds is 4. The molecule has 1 aromatic heterocycles. The molecule has 23 heavy (non-hydrogen) atoms. The van der Waals surface area contributed by atoms with Crippen molar-refractivity contribution in [2.24, 2.45) is 5.92 Å². The highest BCUT2D eigenvalue weighted by atomic mass is 32.1. The Hall–Kier alpha value is -1.77. The van der Waals surface area contributed by atoms with Crippen LogP contribution in [-0.4, -0.2) is 51.2 Å². The molecule has 2 aliphatic rings. The van der Waals surface area contributed by atoms with Gasteiger partial charge in [-0.1, -0.05) is 12.2 Å². The van der Waals surface area contributed by atoms with Gasteiger partial charge in [0.25, 0.3) is 0 Å². The second kappa shape index (κ2) is 5.70. The Morgan fingerprint density at radius 2 is 2.26 bits per heavy atom. The molecular formula is C15H16N2O4S2. The van der Waals surface area contributed by atoms with Gasteiger partial charge in [-0.2, -0.15) is 0 Å². The van der Waals surface area contributed by atoms with Gasteiger partial charge in [-0.25, -0.2) is 4.79 Å². The van der Waals surface area contributed by atoms with Gasteiger partial charge in [-0.3, -0.25) is 4.79 Å². The normalized spacial score (nSPS) is 24.3. The molecule has 3 heterocycles. The number of thiocarbonyl (C=S) groups is 1. The van der Waals surface area contributed by atoms with Crippen molar-refractivity contribution < 1.29 is 19.8 Å². The van der Waals surface area contributed by atoms with Crippen LogP contribution in [0.1, 0.15) is 23.8 Å². The molecule has 0 aliphatic carbocycles. The van der Waals surface area contributed by atoms with Crippen molar-refractivity contribution in [2.75, 3.05) is 7.05 Å². The second-order valence-corrected chi connectivity index (χ2v) is 6.98. The average Bonchev–Trinajstić information content (AvgIpc) is 3.08. The van der Waals surface area contributed by atoms with Gasteiger partial charge in [0, 0.05) is 28.4 Å². The van der Waals surface area contributed by atoms with Crippen molar-refractivity contribution in [3.05, 3.63) is 27.6 Å². The van der Waals surface area contributed by atoms with Crippen LogP contribution in [0.4, 0.5) is 0 Å². The van der Waals surface area contributed by atoms with Crippen molar-refractivity contribution >= 4 is 46.0 Å². The largest absolute Gasteiger partial charge is 0.477 e. The van der Waals surface area contributed by atoms with Crippen LogP contribution in [0.3, 0.4) is 0 Å². The number of hydrogen-bond acceptors (Lipinski definition) is 5.